The van der Waals surface area contributed by atoms with Crippen molar-refractivity contribution in [2.45, 2.75) is 11.4 Å². The summed E-state index contributed by atoms with van der Waals surface area (Å²) in [7, 11) is 0. The average molecular weight is 427 g/mol. The third kappa shape index (κ3) is 3.52. The molecule has 0 aromatic heterocycles. The van der Waals surface area contributed by atoms with Crippen LogP contribution in [-0.2, 0) is 14.4 Å². The van der Waals surface area contributed by atoms with Crippen LogP contribution in [0.15, 0.2) is 41.6 Å². The first-order valence-corrected chi connectivity index (χ1v) is 9.63. The highest BCUT2D eigenvalue weighted by Crippen LogP contribution is 2.40. The van der Waals surface area contributed by atoms with Crippen molar-refractivity contribution in [3.05, 3.63) is 41.6 Å². The zero-order valence-corrected chi connectivity index (χ0v) is 15.4. The number of fused-ring (bicyclic) bond motifs is 1. The molecule has 2 heterocycles. The van der Waals surface area contributed by atoms with E-state index < -0.39 is 29.2 Å². The van der Waals surface area contributed by atoms with E-state index in [2.05, 4.69) is 21.2 Å². The van der Waals surface area contributed by atoms with E-state index in [4.69, 9.17) is 4.74 Å². The fourth-order valence-electron chi connectivity index (χ4n) is 2.67. The number of carboxylic acids is 1. The normalized spacial score (nSPS) is 22.1. The van der Waals surface area contributed by atoms with E-state index in [1.807, 2.05) is 6.07 Å². The molecule has 0 saturated carbocycles. The van der Waals surface area contributed by atoms with Gasteiger partial charge in [-0.15, -0.1) is 11.8 Å². The Morgan fingerprint density at radius 1 is 1.36 bits per heavy atom. The standard InChI is InChI=1S/C16H15BrN2O5S/c17-6-9-8-25-15-12(14(21)19(15)13(9)16(22)23)18-11(20)7-24-10-4-2-1-3-5-10/h1-5,12,15H,6-8H2,(H,18,20)(H,22,23)/t12?,15-/m0/s1. The van der Waals surface area contributed by atoms with Gasteiger partial charge in [0.2, 0.25) is 0 Å². The lowest BCUT2D eigenvalue weighted by molar-refractivity contribution is -0.150. The smallest absolute Gasteiger partial charge is 0.352 e. The van der Waals surface area contributed by atoms with Crippen LogP contribution in [0, 0.1) is 0 Å². The second kappa shape index (κ2) is 7.49. The summed E-state index contributed by atoms with van der Waals surface area (Å²) in [6.45, 7) is -0.209. The van der Waals surface area contributed by atoms with Crippen LogP contribution in [0.5, 0.6) is 5.75 Å². The largest absolute Gasteiger partial charge is 0.484 e. The minimum Gasteiger partial charge on any atom is -0.484 e. The fraction of sp³-hybridized carbons (Fsp3) is 0.312. The maximum Gasteiger partial charge on any atom is 0.352 e. The molecule has 2 amide bonds. The minimum atomic E-state index is -1.13. The summed E-state index contributed by atoms with van der Waals surface area (Å²) in [5.41, 5.74) is 0.663. The first-order chi connectivity index (χ1) is 12.0. The molecule has 25 heavy (non-hydrogen) atoms. The van der Waals surface area contributed by atoms with Crippen LogP contribution in [0.1, 0.15) is 0 Å². The number of benzene rings is 1. The summed E-state index contributed by atoms with van der Waals surface area (Å²) >= 11 is 4.68. The van der Waals surface area contributed by atoms with Crippen LogP contribution >= 0.6 is 27.7 Å². The van der Waals surface area contributed by atoms with E-state index in [0.29, 0.717) is 22.4 Å². The zero-order valence-electron chi connectivity index (χ0n) is 13.0. The second-order valence-corrected chi connectivity index (χ2v) is 7.11. The summed E-state index contributed by atoms with van der Waals surface area (Å²) in [6.07, 6.45) is 0. The molecule has 132 valence electrons. The number of halogens is 1. The van der Waals surface area contributed by atoms with Crippen molar-refractivity contribution in [2.24, 2.45) is 0 Å². The van der Waals surface area contributed by atoms with Gasteiger partial charge in [-0.2, -0.15) is 0 Å². The molecule has 1 saturated heterocycles. The number of rotatable bonds is 6. The van der Waals surface area contributed by atoms with E-state index in [1.165, 1.54) is 16.7 Å². The Hall–Kier alpha value is -2.00. The van der Waals surface area contributed by atoms with Crippen molar-refractivity contribution in [1.82, 2.24) is 10.2 Å². The van der Waals surface area contributed by atoms with Gasteiger partial charge in [-0.05, 0) is 17.7 Å². The lowest BCUT2D eigenvalue weighted by atomic mass is 10.0. The Morgan fingerprint density at radius 2 is 2.08 bits per heavy atom. The first kappa shape index (κ1) is 17.8. The van der Waals surface area contributed by atoms with Gasteiger partial charge in [0, 0.05) is 11.1 Å². The number of hydrogen-bond acceptors (Lipinski definition) is 5. The Balaban J connectivity index is 1.61. The quantitative estimate of drug-likeness (QED) is 0.523. The van der Waals surface area contributed by atoms with Gasteiger partial charge < -0.3 is 15.2 Å². The highest BCUT2D eigenvalue weighted by Gasteiger charge is 2.54. The lowest BCUT2D eigenvalue weighted by Gasteiger charge is -2.49. The fourth-order valence-corrected chi connectivity index (χ4v) is 4.74. The number of β-lactam (4-membered cyclic amide) rings is 1. The number of hydrogen-bond donors (Lipinski definition) is 2. The molecular formula is C16H15BrN2O5S. The molecule has 2 atom stereocenters. The third-order valence-electron chi connectivity index (χ3n) is 3.84. The van der Waals surface area contributed by atoms with Gasteiger partial charge >= 0.3 is 5.97 Å². The Labute approximate surface area is 156 Å². The lowest BCUT2D eigenvalue weighted by Crippen LogP contribution is -2.70. The number of para-hydroxylation sites is 1. The van der Waals surface area contributed by atoms with Gasteiger partial charge in [0.1, 0.15) is 22.9 Å². The van der Waals surface area contributed by atoms with E-state index in [9.17, 15) is 19.5 Å². The van der Waals surface area contributed by atoms with Gasteiger partial charge in [0.05, 0.1) is 0 Å². The predicted octanol–water partition coefficient (Wildman–Crippen LogP) is 1.20. The van der Waals surface area contributed by atoms with E-state index in [-0.39, 0.29) is 12.3 Å². The molecule has 1 unspecified atom stereocenters. The van der Waals surface area contributed by atoms with Crippen molar-refractivity contribution >= 4 is 45.5 Å². The zero-order chi connectivity index (χ0) is 18.0. The number of ether oxygens (including phenoxy) is 1. The van der Waals surface area contributed by atoms with Crippen LogP contribution in [0.2, 0.25) is 0 Å². The van der Waals surface area contributed by atoms with Gasteiger partial charge in [-0.1, -0.05) is 34.1 Å². The van der Waals surface area contributed by atoms with Crippen LogP contribution in [0.4, 0.5) is 0 Å². The average Bonchev–Trinajstić information content (AvgIpc) is 2.63. The molecule has 2 aliphatic rings. The molecule has 7 nitrogen and oxygen atoms in total. The first-order valence-electron chi connectivity index (χ1n) is 7.46. The maximum atomic E-state index is 12.3. The van der Waals surface area contributed by atoms with Crippen LogP contribution in [-0.4, -0.2) is 56.9 Å². The number of aliphatic carboxylic acids is 1. The Bertz CT molecular complexity index is 739. The maximum absolute atomic E-state index is 12.3. The molecule has 1 aromatic rings. The third-order valence-corrected chi connectivity index (χ3v) is 5.86. The molecule has 0 aliphatic carbocycles. The topological polar surface area (TPSA) is 95.9 Å². The van der Waals surface area contributed by atoms with Crippen molar-refractivity contribution < 1.29 is 24.2 Å². The molecule has 0 spiro atoms. The van der Waals surface area contributed by atoms with Crippen LogP contribution in [0.25, 0.3) is 0 Å². The SMILES string of the molecule is O=C(COc1ccccc1)NC1C(=O)N2C(C(=O)O)=C(CBr)CS[C@@H]12. The Morgan fingerprint density at radius 3 is 2.72 bits per heavy atom. The molecule has 0 bridgehead atoms. The highest BCUT2D eigenvalue weighted by molar-refractivity contribution is 9.09. The summed E-state index contributed by atoms with van der Waals surface area (Å²) in [4.78, 5) is 37.1. The number of nitrogens with one attached hydrogen (secondary N) is 1. The molecule has 9 heteroatoms. The van der Waals surface area contributed by atoms with Gasteiger partial charge in [0.15, 0.2) is 6.61 Å². The number of amides is 2. The Kier molecular flexibility index (Phi) is 5.33. The molecule has 3 rings (SSSR count). The number of thioether (sulfide) groups is 1. The van der Waals surface area contributed by atoms with Crippen LogP contribution in [0.3, 0.4) is 0 Å². The van der Waals surface area contributed by atoms with Gasteiger partial charge in [-0.25, -0.2) is 4.79 Å². The summed E-state index contributed by atoms with van der Waals surface area (Å²) in [5, 5.41) is 12.0. The monoisotopic (exact) mass is 426 g/mol. The van der Waals surface area contributed by atoms with Crippen molar-refractivity contribution in [3.63, 3.8) is 0 Å². The molecular weight excluding hydrogens is 412 g/mol. The number of alkyl halides is 1. The summed E-state index contributed by atoms with van der Waals surface area (Å²) < 4.78 is 5.35. The number of carbonyl (C=O) groups is 3. The molecule has 0 radical (unpaired) electrons. The highest BCUT2D eigenvalue weighted by atomic mass is 79.9. The number of carboxylic acid groups (broad SMARTS) is 1. The van der Waals surface area contributed by atoms with Crippen molar-refractivity contribution in [3.8, 4) is 5.75 Å². The van der Waals surface area contributed by atoms with Gasteiger partial charge in [-0.3, -0.25) is 14.5 Å². The predicted molar refractivity (Wildman–Crippen MR) is 95.4 cm³/mol. The number of carbonyl (C=O) groups excluding carboxylic acids is 2. The number of nitrogens with zero attached hydrogens (tertiary/aromatic N) is 1. The van der Waals surface area contributed by atoms with Crippen molar-refractivity contribution in [2.75, 3.05) is 17.7 Å². The minimum absolute atomic E-state index is 0.0108. The van der Waals surface area contributed by atoms with Crippen LogP contribution < -0.4 is 10.1 Å². The molecule has 1 aromatic carbocycles. The molecule has 2 aliphatic heterocycles. The van der Waals surface area contributed by atoms with E-state index in [1.54, 1.807) is 24.3 Å². The van der Waals surface area contributed by atoms with Crippen molar-refractivity contribution in [1.29, 1.82) is 0 Å². The van der Waals surface area contributed by atoms with E-state index >= 15 is 0 Å². The van der Waals surface area contributed by atoms with Gasteiger partial charge in [0.25, 0.3) is 11.8 Å². The molecule has 1 fully saturated rings. The molecule has 2 N–H and O–H groups in total. The summed E-state index contributed by atoms with van der Waals surface area (Å²) in [5.74, 6) is -0.917. The second-order valence-electron chi connectivity index (χ2n) is 5.45. The van der Waals surface area contributed by atoms with E-state index in [0.717, 1.165) is 0 Å². The summed E-state index contributed by atoms with van der Waals surface area (Å²) in [6, 6.07) is 8.14.